The molecule has 1 heterocycles. The van der Waals surface area contributed by atoms with Crippen LogP contribution in [0.15, 0.2) is 30.6 Å². The molecule has 1 aromatic heterocycles. The van der Waals surface area contributed by atoms with Gasteiger partial charge in [-0.15, -0.1) is 0 Å². The molecule has 0 aliphatic rings. The first-order valence-corrected chi connectivity index (χ1v) is 6.24. The Morgan fingerprint density at radius 2 is 2.05 bits per heavy atom. The zero-order valence-electron chi connectivity index (χ0n) is 11.3. The van der Waals surface area contributed by atoms with Crippen LogP contribution >= 0.6 is 0 Å². The number of aromatic nitrogens is 2. The standard InChI is InChI=1S/C14H16F3N3/c1-9-5-11(6-10(2)18)3-4-13(9)20-8-12(7-19-20)14(15,16)17/h3-5,7-8,10H,6,18H2,1-2H3. The molecule has 6 heteroatoms. The zero-order chi connectivity index (χ0) is 14.9. The van der Waals surface area contributed by atoms with Gasteiger partial charge in [-0.1, -0.05) is 12.1 Å². The summed E-state index contributed by atoms with van der Waals surface area (Å²) in [6, 6.07) is 5.59. The number of halogens is 3. The van der Waals surface area contributed by atoms with E-state index < -0.39 is 11.7 Å². The molecule has 0 saturated carbocycles. The molecule has 0 amide bonds. The molecule has 0 spiro atoms. The molecule has 2 rings (SSSR count). The van der Waals surface area contributed by atoms with E-state index in [0.29, 0.717) is 5.69 Å². The number of benzene rings is 1. The Kier molecular flexibility index (Phi) is 3.85. The van der Waals surface area contributed by atoms with Gasteiger partial charge >= 0.3 is 6.18 Å². The molecule has 0 saturated heterocycles. The van der Waals surface area contributed by atoms with Crippen LogP contribution < -0.4 is 5.73 Å². The van der Waals surface area contributed by atoms with E-state index in [9.17, 15) is 13.2 Å². The number of hydrogen-bond acceptors (Lipinski definition) is 2. The van der Waals surface area contributed by atoms with Crippen LogP contribution in [0.5, 0.6) is 0 Å². The summed E-state index contributed by atoms with van der Waals surface area (Å²) < 4.78 is 38.9. The molecular weight excluding hydrogens is 267 g/mol. The highest BCUT2D eigenvalue weighted by atomic mass is 19.4. The van der Waals surface area contributed by atoms with E-state index in [1.54, 1.807) is 6.07 Å². The second-order valence-electron chi connectivity index (χ2n) is 4.97. The fourth-order valence-corrected chi connectivity index (χ4v) is 2.07. The zero-order valence-corrected chi connectivity index (χ0v) is 11.3. The molecule has 0 bridgehead atoms. The molecule has 0 radical (unpaired) electrons. The van der Waals surface area contributed by atoms with E-state index in [0.717, 1.165) is 29.9 Å². The van der Waals surface area contributed by atoms with Crippen LogP contribution in [0.4, 0.5) is 13.2 Å². The Hall–Kier alpha value is -1.82. The number of rotatable bonds is 3. The Labute approximate surface area is 115 Å². The van der Waals surface area contributed by atoms with Gasteiger partial charge in [-0.05, 0) is 37.5 Å². The van der Waals surface area contributed by atoms with Gasteiger partial charge in [-0.3, -0.25) is 0 Å². The van der Waals surface area contributed by atoms with Crippen LogP contribution in [-0.4, -0.2) is 15.8 Å². The molecule has 108 valence electrons. The first-order valence-electron chi connectivity index (χ1n) is 6.24. The molecule has 3 nitrogen and oxygen atoms in total. The van der Waals surface area contributed by atoms with Gasteiger partial charge < -0.3 is 5.73 Å². The lowest BCUT2D eigenvalue weighted by Gasteiger charge is -2.10. The lowest BCUT2D eigenvalue weighted by atomic mass is 10.0. The summed E-state index contributed by atoms with van der Waals surface area (Å²) in [4.78, 5) is 0. The fourth-order valence-electron chi connectivity index (χ4n) is 2.07. The van der Waals surface area contributed by atoms with Crippen molar-refractivity contribution in [3.8, 4) is 5.69 Å². The largest absolute Gasteiger partial charge is 0.419 e. The average molecular weight is 283 g/mol. The molecule has 1 unspecified atom stereocenters. The van der Waals surface area contributed by atoms with Gasteiger partial charge in [0.1, 0.15) is 0 Å². The highest BCUT2D eigenvalue weighted by molar-refractivity contribution is 5.42. The van der Waals surface area contributed by atoms with Crippen molar-refractivity contribution in [2.45, 2.75) is 32.5 Å². The van der Waals surface area contributed by atoms with Crippen molar-refractivity contribution in [1.29, 1.82) is 0 Å². The molecule has 1 atom stereocenters. The fraction of sp³-hybridized carbons (Fsp3) is 0.357. The van der Waals surface area contributed by atoms with Gasteiger partial charge in [-0.2, -0.15) is 18.3 Å². The van der Waals surface area contributed by atoms with Gasteiger partial charge in [0.15, 0.2) is 0 Å². The van der Waals surface area contributed by atoms with Crippen LogP contribution in [-0.2, 0) is 12.6 Å². The molecular formula is C14H16F3N3. The Balaban J connectivity index is 2.31. The molecule has 20 heavy (non-hydrogen) atoms. The Morgan fingerprint density at radius 3 is 2.55 bits per heavy atom. The monoisotopic (exact) mass is 283 g/mol. The van der Waals surface area contributed by atoms with Crippen molar-refractivity contribution >= 4 is 0 Å². The van der Waals surface area contributed by atoms with Gasteiger partial charge in [0.25, 0.3) is 0 Å². The minimum absolute atomic E-state index is 0.0433. The summed E-state index contributed by atoms with van der Waals surface area (Å²) in [6.07, 6.45) is -1.82. The smallest absolute Gasteiger partial charge is 0.328 e. The SMILES string of the molecule is Cc1cc(CC(C)N)ccc1-n1cc(C(F)(F)F)cn1. The first-order chi connectivity index (χ1) is 9.27. The van der Waals surface area contributed by atoms with E-state index >= 15 is 0 Å². The van der Waals surface area contributed by atoms with Gasteiger partial charge in [0, 0.05) is 12.2 Å². The molecule has 1 aromatic carbocycles. The van der Waals surface area contributed by atoms with Crippen LogP contribution in [0.25, 0.3) is 5.69 Å². The number of hydrogen-bond donors (Lipinski definition) is 1. The van der Waals surface area contributed by atoms with Crippen LogP contribution in [0.2, 0.25) is 0 Å². The molecule has 0 aliphatic carbocycles. The summed E-state index contributed by atoms with van der Waals surface area (Å²) in [5.74, 6) is 0. The Morgan fingerprint density at radius 1 is 1.35 bits per heavy atom. The lowest BCUT2D eigenvalue weighted by molar-refractivity contribution is -0.137. The number of aryl methyl sites for hydroxylation is 1. The first kappa shape index (κ1) is 14.6. The van der Waals surface area contributed by atoms with Crippen molar-refractivity contribution in [2.75, 3.05) is 0 Å². The lowest BCUT2D eigenvalue weighted by Crippen LogP contribution is -2.17. The highest BCUT2D eigenvalue weighted by Crippen LogP contribution is 2.29. The third kappa shape index (κ3) is 3.19. The van der Waals surface area contributed by atoms with Crippen LogP contribution in [0, 0.1) is 6.92 Å². The predicted molar refractivity (Wildman–Crippen MR) is 70.7 cm³/mol. The van der Waals surface area contributed by atoms with Crippen molar-refractivity contribution in [2.24, 2.45) is 5.73 Å². The number of nitrogens with two attached hydrogens (primary N) is 1. The van der Waals surface area contributed by atoms with E-state index in [-0.39, 0.29) is 6.04 Å². The minimum Gasteiger partial charge on any atom is -0.328 e. The summed E-state index contributed by atoms with van der Waals surface area (Å²) in [7, 11) is 0. The number of nitrogens with zero attached hydrogens (tertiary/aromatic N) is 2. The van der Waals surface area contributed by atoms with E-state index in [1.165, 1.54) is 4.68 Å². The molecule has 2 N–H and O–H groups in total. The second-order valence-corrected chi connectivity index (χ2v) is 4.97. The van der Waals surface area contributed by atoms with Crippen LogP contribution in [0.3, 0.4) is 0 Å². The molecule has 0 fully saturated rings. The van der Waals surface area contributed by atoms with Crippen molar-refractivity contribution in [1.82, 2.24) is 9.78 Å². The average Bonchev–Trinajstić information content (AvgIpc) is 2.77. The number of alkyl halides is 3. The quantitative estimate of drug-likeness (QED) is 0.940. The van der Waals surface area contributed by atoms with E-state index in [4.69, 9.17) is 5.73 Å². The van der Waals surface area contributed by atoms with Crippen molar-refractivity contribution in [3.63, 3.8) is 0 Å². The van der Waals surface area contributed by atoms with E-state index in [1.807, 2.05) is 26.0 Å². The second kappa shape index (κ2) is 5.28. The van der Waals surface area contributed by atoms with Gasteiger partial charge in [0.2, 0.25) is 0 Å². The third-order valence-electron chi connectivity index (χ3n) is 2.98. The molecule has 0 aliphatic heterocycles. The molecule has 2 aromatic rings. The topological polar surface area (TPSA) is 43.8 Å². The normalized spacial score (nSPS) is 13.5. The van der Waals surface area contributed by atoms with Gasteiger partial charge in [0.05, 0.1) is 17.4 Å². The third-order valence-corrected chi connectivity index (χ3v) is 2.98. The van der Waals surface area contributed by atoms with Crippen molar-refractivity contribution < 1.29 is 13.2 Å². The predicted octanol–water partition coefficient (Wildman–Crippen LogP) is 3.09. The van der Waals surface area contributed by atoms with E-state index in [2.05, 4.69) is 5.10 Å². The van der Waals surface area contributed by atoms with Gasteiger partial charge in [-0.25, -0.2) is 4.68 Å². The summed E-state index contributed by atoms with van der Waals surface area (Å²) >= 11 is 0. The summed E-state index contributed by atoms with van der Waals surface area (Å²) in [6.45, 7) is 3.75. The highest BCUT2D eigenvalue weighted by Gasteiger charge is 2.32. The van der Waals surface area contributed by atoms with Crippen molar-refractivity contribution in [3.05, 3.63) is 47.3 Å². The maximum atomic E-state index is 12.6. The maximum absolute atomic E-state index is 12.6. The van der Waals surface area contributed by atoms with Crippen LogP contribution in [0.1, 0.15) is 23.6 Å². The minimum atomic E-state index is -4.37. The summed E-state index contributed by atoms with van der Waals surface area (Å²) in [5, 5.41) is 3.78. The maximum Gasteiger partial charge on any atom is 0.419 e. The Bertz CT molecular complexity index is 600. The summed E-state index contributed by atoms with van der Waals surface area (Å²) in [5.41, 5.74) is 7.53.